The fraction of sp³-hybridized carbons (Fsp3) is 0.500. The van der Waals surface area contributed by atoms with E-state index in [1.165, 1.54) is 4.57 Å². The highest BCUT2D eigenvalue weighted by Gasteiger charge is 2.35. The van der Waals surface area contributed by atoms with Crippen molar-refractivity contribution in [1.29, 1.82) is 0 Å². The number of nitrogens with one attached hydrogen (secondary N) is 1. The summed E-state index contributed by atoms with van der Waals surface area (Å²) in [5.74, 6) is 0.108. The number of alkyl halides is 3. The minimum atomic E-state index is -4.70. The highest BCUT2D eigenvalue weighted by molar-refractivity contribution is 5.80. The first-order valence-electron chi connectivity index (χ1n) is 13.5. The van der Waals surface area contributed by atoms with Crippen molar-refractivity contribution < 1.29 is 22.7 Å². The van der Waals surface area contributed by atoms with E-state index < -0.39 is 22.9 Å². The lowest BCUT2D eigenvalue weighted by atomic mass is 10.1. The summed E-state index contributed by atoms with van der Waals surface area (Å²) in [6.45, 7) is 7.92. The Morgan fingerprint density at radius 1 is 1.02 bits per heavy atom. The van der Waals surface area contributed by atoms with Gasteiger partial charge in [-0.25, -0.2) is 9.78 Å². The van der Waals surface area contributed by atoms with Crippen LogP contribution >= 0.6 is 0 Å². The first-order valence-corrected chi connectivity index (χ1v) is 13.5. The van der Waals surface area contributed by atoms with Crippen molar-refractivity contribution in [3.63, 3.8) is 0 Å². The Bertz CT molecular complexity index is 1440. The van der Waals surface area contributed by atoms with Crippen molar-refractivity contribution in [3.05, 3.63) is 52.4 Å². The Morgan fingerprint density at radius 2 is 1.68 bits per heavy atom. The fourth-order valence-corrected chi connectivity index (χ4v) is 5.29. The van der Waals surface area contributed by atoms with Crippen LogP contribution in [0.2, 0.25) is 0 Å². The van der Waals surface area contributed by atoms with Gasteiger partial charge in [0.15, 0.2) is 0 Å². The minimum Gasteiger partial charge on any atom is -0.444 e. The van der Waals surface area contributed by atoms with Crippen LogP contribution in [0, 0.1) is 0 Å². The maximum atomic E-state index is 13.7. The molecule has 1 amide bonds. The summed E-state index contributed by atoms with van der Waals surface area (Å²) in [5.41, 5.74) is -0.656. The molecule has 0 atom stereocenters. The molecule has 9 nitrogen and oxygen atoms in total. The van der Waals surface area contributed by atoms with E-state index in [1.807, 2.05) is 45.0 Å². The molecule has 2 aliphatic rings. The number of hydrogen-bond acceptors (Lipinski definition) is 7. The largest absolute Gasteiger partial charge is 0.444 e. The van der Waals surface area contributed by atoms with Gasteiger partial charge < -0.3 is 19.9 Å². The van der Waals surface area contributed by atoms with E-state index in [4.69, 9.17) is 4.74 Å². The second-order valence-electron chi connectivity index (χ2n) is 11.3. The number of nitrogens with zero attached hydrogens (tertiary/aromatic N) is 5. The number of hydrogen-bond donors (Lipinski definition) is 1. The molecule has 1 saturated heterocycles. The zero-order valence-corrected chi connectivity index (χ0v) is 22.8. The van der Waals surface area contributed by atoms with Crippen LogP contribution in [0.25, 0.3) is 11.0 Å². The fourth-order valence-electron chi connectivity index (χ4n) is 5.29. The summed E-state index contributed by atoms with van der Waals surface area (Å²) < 4.78 is 48.0. The summed E-state index contributed by atoms with van der Waals surface area (Å²) in [5, 5.41) is 2.87. The highest BCUT2D eigenvalue weighted by Crippen LogP contribution is 2.36. The number of amides is 1. The summed E-state index contributed by atoms with van der Waals surface area (Å²) in [6, 6.07) is 7.97. The van der Waals surface area contributed by atoms with Gasteiger partial charge in [0, 0.05) is 61.2 Å². The van der Waals surface area contributed by atoms with E-state index in [0.29, 0.717) is 37.9 Å². The smallest absolute Gasteiger partial charge is 0.417 e. The third kappa shape index (κ3) is 6.00. The Balaban J connectivity index is 1.33. The molecule has 214 valence electrons. The maximum absolute atomic E-state index is 13.7. The molecular weight excluding hydrogens is 525 g/mol. The van der Waals surface area contributed by atoms with Crippen LogP contribution in [0.1, 0.15) is 58.1 Å². The molecule has 3 aromatic rings. The summed E-state index contributed by atoms with van der Waals surface area (Å²) in [7, 11) is 0. The third-order valence-electron chi connectivity index (χ3n) is 7.21. The maximum Gasteiger partial charge on any atom is 0.417 e. The van der Waals surface area contributed by atoms with Crippen LogP contribution in [-0.2, 0) is 10.9 Å². The molecule has 0 unspecified atom stereocenters. The van der Waals surface area contributed by atoms with Gasteiger partial charge in [-0.3, -0.25) is 9.36 Å². The Morgan fingerprint density at radius 3 is 2.27 bits per heavy atom. The predicted molar refractivity (Wildman–Crippen MR) is 146 cm³/mol. The molecule has 1 N–H and O–H groups in total. The quantitative estimate of drug-likeness (QED) is 0.438. The van der Waals surface area contributed by atoms with E-state index in [-0.39, 0.29) is 29.1 Å². The van der Waals surface area contributed by atoms with Crippen LogP contribution in [0.4, 0.5) is 35.3 Å². The number of pyridine rings is 1. The molecule has 1 saturated carbocycles. The lowest BCUT2D eigenvalue weighted by Gasteiger charge is -2.36. The van der Waals surface area contributed by atoms with E-state index in [9.17, 15) is 22.8 Å². The first kappa shape index (κ1) is 27.7. The molecule has 1 aromatic carbocycles. The van der Waals surface area contributed by atoms with Crippen LogP contribution in [0.3, 0.4) is 0 Å². The van der Waals surface area contributed by atoms with E-state index in [1.54, 1.807) is 4.90 Å². The number of fused-ring (bicyclic) bond motifs is 1. The molecule has 40 heavy (non-hydrogen) atoms. The monoisotopic (exact) mass is 558 g/mol. The second-order valence-corrected chi connectivity index (χ2v) is 11.3. The van der Waals surface area contributed by atoms with Crippen molar-refractivity contribution in [2.24, 2.45) is 0 Å². The van der Waals surface area contributed by atoms with Gasteiger partial charge in [0.05, 0.1) is 5.56 Å². The summed E-state index contributed by atoms with van der Waals surface area (Å²) in [6.07, 6.45) is -0.601. The van der Waals surface area contributed by atoms with Crippen molar-refractivity contribution in [2.75, 3.05) is 36.4 Å². The van der Waals surface area contributed by atoms with Gasteiger partial charge in [-0.15, -0.1) is 0 Å². The molecule has 1 aliphatic heterocycles. The van der Waals surface area contributed by atoms with Gasteiger partial charge in [-0.05, 0) is 57.9 Å². The second kappa shape index (κ2) is 10.6. The van der Waals surface area contributed by atoms with Gasteiger partial charge >= 0.3 is 12.3 Å². The van der Waals surface area contributed by atoms with Crippen LogP contribution in [0.5, 0.6) is 0 Å². The molecule has 3 heterocycles. The van der Waals surface area contributed by atoms with E-state index in [2.05, 4.69) is 20.2 Å². The number of piperazine rings is 1. The average molecular weight is 559 g/mol. The molecule has 0 spiro atoms. The van der Waals surface area contributed by atoms with Gasteiger partial charge in [-0.2, -0.15) is 18.2 Å². The number of anilines is 3. The molecule has 12 heteroatoms. The zero-order valence-electron chi connectivity index (χ0n) is 22.8. The molecule has 0 bridgehead atoms. The number of carbonyl (C=O) groups is 1. The number of aromatic nitrogens is 3. The van der Waals surface area contributed by atoms with Gasteiger partial charge in [0.25, 0.3) is 5.56 Å². The van der Waals surface area contributed by atoms with E-state index >= 15 is 0 Å². The SMILES string of the molecule is CC(C)(C)OC(=O)N1CCN(c2ccc(Nc3ncc4c(C(F)(F)F)cc(=O)n(C5CCCC5)c4n3)cc2)CC1. The molecule has 2 fully saturated rings. The van der Waals surface area contributed by atoms with Crippen molar-refractivity contribution in [3.8, 4) is 0 Å². The Kier molecular flexibility index (Phi) is 7.36. The molecule has 0 radical (unpaired) electrons. The van der Waals surface area contributed by atoms with Crippen LogP contribution < -0.4 is 15.8 Å². The summed E-state index contributed by atoms with van der Waals surface area (Å²) >= 11 is 0. The number of rotatable bonds is 4. The molecule has 2 aromatic heterocycles. The number of carbonyl (C=O) groups excluding carboxylic acids is 1. The van der Waals surface area contributed by atoms with Crippen molar-refractivity contribution in [1.82, 2.24) is 19.4 Å². The van der Waals surface area contributed by atoms with Crippen LogP contribution in [-0.4, -0.2) is 57.3 Å². The molecule has 1 aliphatic carbocycles. The Labute approximate surface area is 230 Å². The number of benzene rings is 1. The van der Waals surface area contributed by atoms with E-state index in [0.717, 1.165) is 37.6 Å². The minimum absolute atomic E-state index is 0.0105. The predicted octanol–water partition coefficient (Wildman–Crippen LogP) is 5.73. The topological polar surface area (TPSA) is 92.6 Å². The average Bonchev–Trinajstić information content (AvgIpc) is 3.41. The first-order chi connectivity index (χ1) is 18.9. The Hall–Kier alpha value is -3.83. The normalized spacial score (nSPS) is 16.9. The summed E-state index contributed by atoms with van der Waals surface area (Å²) in [4.78, 5) is 37.5. The van der Waals surface area contributed by atoms with Gasteiger partial charge in [0.2, 0.25) is 5.95 Å². The molecule has 5 rings (SSSR count). The van der Waals surface area contributed by atoms with Gasteiger partial charge in [0.1, 0.15) is 11.2 Å². The molecular formula is C28H33F3N6O3. The third-order valence-corrected chi connectivity index (χ3v) is 7.21. The van der Waals surface area contributed by atoms with Crippen molar-refractivity contribution in [2.45, 2.75) is 64.3 Å². The number of halogens is 3. The van der Waals surface area contributed by atoms with Gasteiger partial charge in [-0.1, -0.05) is 12.8 Å². The zero-order chi connectivity index (χ0) is 28.7. The lowest BCUT2D eigenvalue weighted by Crippen LogP contribution is -2.50. The standard InChI is InChI=1S/C28H33F3N6O3/c1-27(2,3)40-26(39)36-14-12-35(13-15-36)19-10-8-18(9-11-19)33-25-32-17-21-22(28(29,30)31)16-23(38)37(24(21)34-25)20-6-4-5-7-20/h8-11,16-17,20H,4-7,12-15H2,1-3H3,(H,32,33,34). The lowest BCUT2D eigenvalue weighted by molar-refractivity contribution is -0.136. The number of ether oxygens (including phenoxy) is 1. The van der Waals surface area contributed by atoms with Crippen LogP contribution in [0.15, 0.2) is 41.3 Å². The highest BCUT2D eigenvalue weighted by atomic mass is 19.4. The van der Waals surface area contributed by atoms with Crippen molar-refractivity contribution >= 4 is 34.4 Å².